The van der Waals surface area contributed by atoms with E-state index < -0.39 is 0 Å². The predicted molar refractivity (Wildman–Crippen MR) is 102 cm³/mol. The molecule has 1 fully saturated rings. The van der Waals surface area contributed by atoms with E-state index in [1.54, 1.807) is 18.5 Å². The van der Waals surface area contributed by atoms with Crippen molar-refractivity contribution in [3.8, 4) is 0 Å². The molecule has 3 rings (SSSR count). The van der Waals surface area contributed by atoms with Gasteiger partial charge in [-0.05, 0) is 45.2 Å². The molecule has 1 aromatic carbocycles. The van der Waals surface area contributed by atoms with Gasteiger partial charge in [0, 0.05) is 24.7 Å². The second kappa shape index (κ2) is 7.87. The Morgan fingerprint density at radius 2 is 1.93 bits per heavy atom. The minimum absolute atomic E-state index is 0.0271. The molecule has 1 aliphatic rings. The van der Waals surface area contributed by atoms with Crippen LogP contribution >= 0.6 is 0 Å². The van der Waals surface area contributed by atoms with E-state index in [1.807, 2.05) is 31.2 Å². The molecule has 27 heavy (non-hydrogen) atoms. The van der Waals surface area contributed by atoms with Gasteiger partial charge in [0.1, 0.15) is 11.4 Å². The molecule has 1 aliphatic heterocycles. The Bertz CT molecular complexity index is 853. The van der Waals surface area contributed by atoms with Crippen molar-refractivity contribution in [1.82, 2.24) is 20.0 Å². The molecule has 1 N–H and O–H groups in total. The maximum atomic E-state index is 12.5. The molecule has 0 unspecified atom stereocenters. The second-order valence-electron chi connectivity index (χ2n) is 7.10. The Morgan fingerprint density at radius 3 is 2.52 bits per heavy atom. The second-order valence-corrected chi connectivity index (χ2v) is 7.10. The van der Waals surface area contributed by atoms with Gasteiger partial charge in [0.05, 0.1) is 11.6 Å². The normalized spacial score (nSPS) is 15.7. The number of nitrogens with zero attached hydrogens (tertiary/aromatic N) is 4. The lowest BCUT2D eigenvalue weighted by atomic mass is 10.0. The molecule has 8 nitrogen and oxygen atoms in total. The molecule has 2 aromatic rings. The molecule has 144 valence electrons. The number of hydrogen-bond acceptors (Lipinski definition) is 5. The summed E-state index contributed by atoms with van der Waals surface area (Å²) in [6.45, 7) is 7.47. The Hall–Kier alpha value is -2.74. The van der Waals surface area contributed by atoms with Gasteiger partial charge in [-0.15, -0.1) is 0 Å². The van der Waals surface area contributed by atoms with Crippen molar-refractivity contribution < 1.29 is 9.72 Å². The van der Waals surface area contributed by atoms with Gasteiger partial charge in [-0.2, -0.15) is 5.10 Å². The van der Waals surface area contributed by atoms with E-state index in [0.29, 0.717) is 18.1 Å². The SMILES string of the molecule is Cc1ccccc1C(=O)NC1CCN(Cn2nc(C)c([N+](=O)[O-])c2C)CC1. The van der Waals surface area contributed by atoms with Crippen molar-refractivity contribution in [2.45, 2.75) is 46.3 Å². The number of hydrogen-bond donors (Lipinski definition) is 1. The van der Waals surface area contributed by atoms with Crippen molar-refractivity contribution in [1.29, 1.82) is 0 Å². The average Bonchev–Trinajstić information content (AvgIpc) is 2.90. The van der Waals surface area contributed by atoms with Gasteiger partial charge in [-0.1, -0.05) is 18.2 Å². The molecule has 2 heterocycles. The lowest BCUT2D eigenvalue weighted by molar-refractivity contribution is -0.386. The first-order valence-corrected chi connectivity index (χ1v) is 9.14. The molecular formula is C19H25N5O3. The first-order valence-electron chi connectivity index (χ1n) is 9.14. The number of piperidine rings is 1. The third kappa shape index (κ3) is 4.16. The minimum atomic E-state index is -0.374. The van der Waals surface area contributed by atoms with Gasteiger partial charge in [-0.3, -0.25) is 19.8 Å². The number of aryl methyl sites for hydroxylation is 2. The van der Waals surface area contributed by atoms with Crippen LogP contribution in [0.2, 0.25) is 0 Å². The third-order valence-corrected chi connectivity index (χ3v) is 5.17. The van der Waals surface area contributed by atoms with Crippen LogP contribution in [0.5, 0.6) is 0 Å². The summed E-state index contributed by atoms with van der Waals surface area (Å²) in [4.78, 5) is 25.4. The topological polar surface area (TPSA) is 93.3 Å². The largest absolute Gasteiger partial charge is 0.349 e. The van der Waals surface area contributed by atoms with Gasteiger partial charge in [0.15, 0.2) is 0 Å². The van der Waals surface area contributed by atoms with Crippen LogP contribution in [-0.2, 0) is 6.67 Å². The number of nitro groups is 1. The zero-order valence-corrected chi connectivity index (χ0v) is 15.9. The Balaban J connectivity index is 1.55. The minimum Gasteiger partial charge on any atom is -0.349 e. The van der Waals surface area contributed by atoms with Gasteiger partial charge < -0.3 is 5.32 Å². The molecule has 0 spiro atoms. The fourth-order valence-corrected chi connectivity index (χ4v) is 3.59. The summed E-state index contributed by atoms with van der Waals surface area (Å²) in [6, 6.07) is 7.72. The number of nitrogens with one attached hydrogen (secondary N) is 1. The van der Waals surface area contributed by atoms with Gasteiger partial charge in [0.25, 0.3) is 5.91 Å². The average molecular weight is 371 g/mol. The van der Waals surface area contributed by atoms with Crippen LogP contribution in [0.4, 0.5) is 5.69 Å². The van der Waals surface area contributed by atoms with E-state index >= 15 is 0 Å². The van der Waals surface area contributed by atoms with Gasteiger partial charge in [0.2, 0.25) is 0 Å². The monoisotopic (exact) mass is 371 g/mol. The number of carbonyl (C=O) groups is 1. The van der Waals surface area contributed by atoms with Crippen molar-refractivity contribution in [3.05, 3.63) is 56.9 Å². The molecule has 1 amide bonds. The quantitative estimate of drug-likeness (QED) is 0.644. The van der Waals surface area contributed by atoms with Crippen molar-refractivity contribution in [2.75, 3.05) is 13.1 Å². The van der Waals surface area contributed by atoms with Crippen LogP contribution in [-0.4, -0.2) is 44.6 Å². The van der Waals surface area contributed by atoms with Crippen molar-refractivity contribution in [3.63, 3.8) is 0 Å². The van der Waals surface area contributed by atoms with Crippen LogP contribution in [0.1, 0.15) is 40.2 Å². The summed E-state index contributed by atoms with van der Waals surface area (Å²) in [5, 5.41) is 18.6. The number of amides is 1. The van der Waals surface area contributed by atoms with E-state index in [9.17, 15) is 14.9 Å². The van der Waals surface area contributed by atoms with Gasteiger partial charge in [-0.25, -0.2) is 4.68 Å². The summed E-state index contributed by atoms with van der Waals surface area (Å²) < 4.78 is 1.69. The molecular weight excluding hydrogens is 346 g/mol. The zero-order valence-electron chi connectivity index (χ0n) is 15.9. The number of likely N-dealkylation sites (tertiary alicyclic amines) is 1. The highest BCUT2D eigenvalue weighted by Crippen LogP contribution is 2.22. The summed E-state index contributed by atoms with van der Waals surface area (Å²) in [5.74, 6) is -0.0271. The Kier molecular flexibility index (Phi) is 5.55. The molecule has 8 heteroatoms. The van der Waals surface area contributed by atoms with E-state index in [-0.39, 0.29) is 22.6 Å². The first kappa shape index (κ1) is 19.0. The van der Waals surface area contributed by atoms with Crippen LogP contribution in [0.15, 0.2) is 24.3 Å². The highest BCUT2D eigenvalue weighted by atomic mass is 16.6. The Morgan fingerprint density at radius 1 is 1.26 bits per heavy atom. The Labute approximate surface area is 158 Å². The van der Waals surface area contributed by atoms with E-state index in [1.165, 1.54) is 0 Å². The standard InChI is InChI=1S/C19H25N5O3/c1-13-6-4-5-7-17(13)19(25)20-16-8-10-22(11-9-16)12-23-15(3)18(24(26)27)14(2)21-23/h4-7,16H,8-12H2,1-3H3,(H,20,25). The lowest BCUT2D eigenvalue weighted by Crippen LogP contribution is -2.45. The molecule has 0 aliphatic carbocycles. The highest BCUT2D eigenvalue weighted by Gasteiger charge is 2.25. The molecule has 0 bridgehead atoms. The number of aromatic nitrogens is 2. The lowest BCUT2D eigenvalue weighted by Gasteiger charge is -2.32. The third-order valence-electron chi connectivity index (χ3n) is 5.17. The molecule has 1 aromatic heterocycles. The fraction of sp³-hybridized carbons (Fsp3) is 0.474. The van der Waals surface area contributed by atoms with E-state index in [2.05, 4.69) is 15.3 Å². The van der Waals surface area contributed by atoms with Crippen LogP contribution in [0, 0.1) is 30.9 Å². The zero-order chi connectivity index (χ0) is 19.6. The summed E-state index contributed by atoms with van der Waals surface area (Å²) in [7, 11) is 0. The van der Waals surface area contributed by atoms with E-state index in [0.717, 1.165) is 37.1 Å². The maximum Gasteiger partial charge on any atom is 0.312 e. The molecule has 0 saturated carbocycles. The van der Waals surface area contributed by atoms with Crippen molar-refractivity contribution >= 4 is 11.6 Å². The maximum absolute atomic E-state index is 12.5. The summed E-state index contributed by atoms with van der Waals surface area (Å²) in [5.41, 5.74) is 2.80. The molecule has 1 saturated heterocycles. The number of carbonyl (C=O) groups excluding carboxylic acids is 1. The fourth-order valence-electron chi connectivity index (χ4n) is 3.59. The highest BCUT2D eigenvalue weighted by molar-refractivity contribution is 5.95. The van der Waals surface area contributed by atoms with Crippen LogP contribution < -0.4 is 5.32 Å². The van der Waals surface area contributed by atoms with E-state index in [4.69, 9.17) is 0 Å². The molecule has 0 radical (unpaired) electrons. The molecule has 0 atom stereocenters. The van der Waals surface area contributed by atoms with Crippen molar-refractivity contribution in [2.24, 2.45) is 0 Å². The summed E-state index contributed by atoms with van der Waals surface area (Å²) in [6.07, 6.45) is 1.69. The first-order chi connectivity index (χ1) is 12.9. The van der Waals surface area contributed by atoms with Crippen LogP contribution in [0.25, 0.3) is 0 Å². The number of rotatable bonds is 5. The smallest absolute Gasteiger partial charge is 0.312 e. The predicted octanol–water partition coefficient (Wildman–Crippen LogP) is 2.57. The van der Waals surface area contributed by atoms with Crippen LogP contribution in [0.3, 0.4) is 0 Å². The van der Waals surface area contributed by atoms with Gasteiger partial charge >= 0.3 is 5.69 Å². The number of benzene rings is 1. The summed E-state index contributed by atoms with van der Waals surface area (Å²) >= 11 is 0.